The summed E-state index contributed by atoms with van der Waals surface area (Å²) < 4.78 is 2.21. The van der Waals surface area contributed by atoms with Gasteiger partial charge in [-0.05, 0) is 54.5 Å². The van der Waals surface area contributed by atoms with E-state index in [1.807, 2.05) is 48.8 Å². The topological polar surface area (TPSA) is 56.5 Å². The van der Waals surface area contributed by atoms with Crippen LogP contribution in [-0.2, 0) is 5.41 Å². The van der Waals surface area contributed by atoms with Crippen molar-refractivity contribution in [2.45, 2.75) is 44.9 Å². The van der Waals surface area contributed by atoms with Crippen LogP contribution in [0.25, 0.3) is 56.1 Å². The molecule has 3 aromatic carbocycles. The number of pyridine rings is 1. The zero-order valence-corrected chi connectivity index (χ0v) is 22.7. The van der Waals surface area contributed by atoms with Crippen molar-refractivity contribution in [2.75, 3.05) is 0 Å². The summed E-state index contributed by atoms with van der Waals surface area (Å²) in [5.41, 5.74) is 10.1. The Bertz CT molecular complexity index is 1910. The normalized spacial score (nSPS) is 15.9. The number of hydrogen-bond acceptors (Lipinski definition) is 4. The summed E-state index contributed by atoms with van der Waals surface area (Å²) >= 11 is 0. The largest absolute Gasteiger partial charge is 0.278 e. The third kappa shape index (κ3) is 3.33. The van der Waals surface area contributed by atoms with E-state index in [2.05, 4.69) is 65.9 Å². The third-order valence-corrected chi connectivity index (χ3v) is 8.82. The summed E-state index contributed by atoms with van der Waals surface area (Å²) in [4.78, 5) is 19.7. The molecule has 0 fully saturated rings. The van der Waals surface area contributed by atoms with Crippen molar-refractivity contribution < 1.29 is 0 Å². The predicted octanol–water partition coefficient (Wildman–Crippen LogP) is 8.32. The Morgan fingerprint density at radius 2 is 1.38 bits per heavy atom. The molecular formula is C35H29N5. The SMILES string of the molecule is CC1(C)C2=C(CCCC2)c2c1ccc1c2c2cnccc2n1-c1nc(-c2ccccc2)nc(-c2ccccc2)n1. The fourth-order valence-electron chi connectivity index (χ4n) is 6.94. The van der Waals surface area contributed by atoms with E-state index in [1.165, 1.54) is 35.8 Å². The van der Waals surface area contributed by atoms with Gasteiger partial charge in [0.2, 0.25) is 5.95 Å². The van der Waals surface area contributed by atoms with Gasteiger partial charge in [0.15, 0.2) is 11.6 Å². The Morgan fingerprint density at radius 1 is 0.700 bits per heavy atom. The first-order chi connectivity index (χ1) is 19.6. The Kier molecular flexibility index (Phi) is 5.05. The van der Waals surface area contributed by atoms with Crippen LogP contribution in [0.15, 0.2) is 96.8 Å². The number of rotatable bonds is 3. The zero-order chi connectivity index (χ0) is 26.8. The van der Waals surface area contributed by atoms with Crippen LogP contribution in [0.5, 0.6) is 0 Å². The first kappa shape index (κ1) is 23.3. The summed E-state index contributed by atoms with van der Waals surface area (Å²) in [5.74, 6) is 1.94. The highest BCUT2D eigenvalue weighted by atomic mass is 15.2. The smallest absolute Gasteiger partial charge is 0.238 e. The Morgan fingerprint density at radius 3 is 2.08 bits per heavy atom. The van der Waals surface area contributed by atoms with Crippen molar-refractivity contribution in [1.29, 1.82) is 0 Å². The van der Waals surface area contributed by atoms with Crippen LogP contribution in [-0.4, -0.2) is 24.5 Å². The number of fused-ring (bicyclic) bond motifs is 6. The second kappa shape index (κ2) is 8.68. The molecule has 5 nitrogen and oxygen atoms in total. The molecule has 0 unspecified atom stereocenters. The van der Waals surface area contributed by atoms with Crippen molar-refractivity contribution in [3.63, 3.8) is 0 Å². The molecule has 2 aliphatic rings. The molecule has 0 saturated heterocycles. The quantitative estimate of drug-likeness (QED) is 0.236. The monoisotopic (exact) mass is 519 g/mol. The lowest BCUT2D eigenvalue weighted by Gasteiger charge is -2.26. The van der Waals surface area contributed by atoms with Crippen LogP contribution in [0.2, 0.25) is 0 Å². The molecule has 0 amide bonds. The van der Waals surface area contributed by atoms with E-state index in [1.54, 1.807) is 11.1 Å². The first-order valence-corrected chi connectivity index (χ1v) is 14.1. The van der Waals surface area contributed by atoms with Gasteiger partial charge in [-0.2, -0.15) is 9.97 Å². The van der Waals surface area contributed by atoms with Gasteiger partial charge in [0.25, 0.3) is 0 Å². The summed E-state index contributed by atoms with van der Waals surface area (Å²) in [6.45, 7) is 4.79. The summed E-state index contributed by atoms with van der Waals surface area (Å²) in [6.07, 6.45) is 8.72. The van der Waals surface area contributed by atoms with E-state index in [-0.39, 0.29) is 5.41 Å². The third-order valence-electron chi connectivity index (χ3n) is 8.82. The lowest BCUT2D eigenvalue weighted by molar-refractivity contribution is 0.574. The highest BCUT2D eigenvalue weighted by Crippen LogP contribution is 2.55. The Balaban J connectivity index is 1.46. The molecule has 3 heterocycles. The molecule has 194 valence electrons. The first-order valence-electron chi connectivity index (χ1n) is 14.1. The molecule has 0 saturated carbocycles. The Hall–Kier alpha value is -4.64. The number of allylic oxidation sites excluding steroid dienone is 2. The van der Waals surface area contributed by atoms with Crippen molar-refractivity contribution in [2.24, 2.45) is 0 Å². The van der Waals surface area contributed by atoms with Gasteiger partial charge in [0, 0.05) is 39.7 Å². The van der Waals surface area contributed by atoms with Crippen LogP contribution in [0.4, 0.5) is 0 Å². The highest BCUT2D eigenvalue weighted by Gasteiger charge is 2.40. The standard InChI is InChI=1S/C35H29N5/c1-35(2)26-16-10-9-15-24(26)30-27(35)17-18-29-31(30)25-21-36-20-19-28(25)40(29)34-38-32(22-11-5-3-6-12-22)37-33(39-34)23-13-7-4-8-14-23/h3-8,11-14,17-21H,9-10,15-16H2,1-2H3. The van der Waals surface area contributed by atoms with Crippen LogP contribution in [0, 0.1) is 0 Å². The lowest BCUT2D eigenvalue weighted by Crippen LogP contribution is -2.18. The minimum atomic E-state index is 0.0457. The summed E-state index contributed by atoms with van der Waals surface area (Å²) in [6, 6.07) is 27.0. The van der Waals surface area contributed by atoms with E-state index < -0.39 is 0 Å². The van der Waals surface area contributed by atoms with Crippen molar-refractivity contribution in [3.8, 4) is 28.7 Å². The molecule has 6 aromatic rings. The number of benzene rings is 3. The summed E-state index contributed by atoms with van der Waals surface area (Å²) in [5, 5.41) is 2.41. The zero-order valence-electron chi connectivity index (χ0n) is 22.7. The van der Waals surface area contributed by atoms with Gasteiger partial charge in [0.05, 0.1) is 11.0 Å². The van der Waals surface area contributed by atoms with Gasteiger partial charge in [-0.25, -0.2) is 4.98 Å². The molecule has 0 N–H and O–H groups in total. The molecule has 0 aliphatic heterocycles. The molecule has 0 radical (unpaired) electrons. The Labute approximate surface area is 233 Å². The van der Waals surface area contributed by atoms with E-state index in [0.29, 0.717) is 17.6 Å². The van der Waals surface area contributed by atoms with Gasteiger partial charge in [-0.15, -0.1) is 0 Å². The lowest BCUT2D eigenvalue weighted by atomic mass is 9.77. The maximum absolute atomic E-state index is 5.08. The number of hydrogen-bond donors (Lipinski definition) is 0. The molecule has 2 aliphatic carbocycles. The molecule has 0 spiro atoms. The maximum Gasteiger partial charge on any atom is 0.238 e. The average molecular weight is 520 g/mol. The molecule has 0 atom stereocenters. The highest BCUT2D eigenvalue weighted by molar-refractivity contribution is 6.15. The van der Waals surface area contributed by atoms with Crippen LogP contribution < -0.4 is 0 Å². The second-order valence-corrected chi connectivity index (χ2v) is 11.4. The molecule has 5 heteroatoms. The van der Waals surface area contributed by atoms with Crippen molar-refractivity contribution in [3.05, 3.63) is 108 Å². The van der Waals surface area contributed by atoms with Gasteiger partial charge in [0.1, 0.15) is 0 Å². The van der Waals surface area contributed by atoms with E-state index in [0.717, 1.165) is 34.0 Å². The van der Waals surface area contributed by atoms with Crippen LogP contribution in [0.3, 0.4) is 0 Å². The maximum atomic E-state index is 5.08. The van der Waals surface area contributed by atoms with E-state index in [4.69, 9.17) is 15.0 Å². The number of nitrogens with zero attached hydrogens (tertiary/aromatic N) is 5. The second-order valence-electron chi connectivity index (χ2n) is 11.4. The molecule has 0 bridgehead atoms. The van der Waals surface area contributed by atoms with Crippen LogP contribution >= 0.6 is 0 Å². The van der Waals surface area contributed by atoms with Crippen molar-refractivity contribution in [1.82, 2.24) is 24.5 Å². The molecule has 40 heavy (non-hydrogen) atoms. The van der Waals surface area contributed by atoms with Gasteiger partial charge in [-0.3, -0.25) is 9.55 Å². The molecule has 8 rings (SSSR count). The molecular weight excluding hydrogens is 490 g/mol. The fraction of sp³-hybridized carbons (Fsp3) is 0.200. The number of aromatic nitrogens is 5. The van der Waals surface area contributed by atoms with Crippen molar-refractivity contribution >= 4 is 27.4 Å². The fourth-order valence-corrected chi connectivity index (χ4v) is 6.94. The van der Waals surface area contributed by atoms with E-state index in [9.17, 15) is 0 Å². The van der Waals surface area contributed by atoms with Gasteiger partial charge in [-0.1, -0.05) is 86.2 Å². The predicted molar refractivity (Wildman–Crippen MR) is 161 cm³/mol. The summed E-state index contributed by atoms with van der Waals surface area (Å²) in [7, 11) is 0. The minimum absolute atomic E-state index is 0.0457. The van der Waals surface area contributed by atoms with E-state index >= 15 is 0 Å². The molecule has 3 aromatic heterocycles. The van der Waals surface area contributed by atoms with Gasteiger partial charge < -0.3 is 0 Å². The average Bonchev–Trinajstić information content (AvgIpc) is 3.47. The van der Waals surface area contributed by atoms with Crippen LogP contribution in [0.1, 0.15) is 50.7 Å². The van der Waals surface area contributed by atoms with Gasteiger partial charge >= 0.3 is 0 Å². The minimum Gasteiger partial charge on any atom is -0.278 e.